The van der Waals surface area contributed by atoms with Gasteiger partial charge >= 0.3 is 0 Å². The first-order valence-corrected chi connectivity index (χ1v) is 10.7. The van der Waals surface area contributed by atoms with Crippen LogP contribution in [0.25, 0.3) is 11.0 Å². The van der Waals surface area contributed by atoms with E-state index < -0.39 is 12.5 Å². The third-order valence-electron chi connectivity index (χ3n) is 5.96. The molecule has 0 unspecified atom stereocenters. The normalized spacial score (nSPS) is 21.8. The number of halogens is 2. The first kappa shape index (κ1) is 21.5. The van der Waals surface area contributed by atoms with Gasteiger partial charge in [0.25, 0.3) is 12.3 Å². The van der Waals surface area contributed by atoms with E-state index in [0.717, 1.165) is 10.1 Å². The van der Waals surface area contributed by atoms with E-state index in [9.17, 15) is 14.0 Å². The van der Waals surface area contributed by atoms with E-state index in [1.165, 1.54) is 13.1 Å². The van der Waals surface area contributed by atoms with Crippen molar-refractivity contribution in [2.45, 2.75) is 38.5 Å². The number of rotatable bonds is 7. The van der Waals surface area contributed by atoms with Gasteiger partial charge in [-0.1, -0.05) is 6.92 Å². The molecule has 0 saturated carbocycles. The number of anilines is 2. The van der Waals surface area contributed by atoms with Crippen molar-refractivity contribution in [3.8, 4) is 11.9 Å². The molecule has 2 fully saturated rings. The lowest BCUT2D eigenvalue weighted by Gasteiger charge is -2.26. The summed E-state index contributed by atoms with van der Waals surface area (Å²) in [5.41, 5.74) is 1.44. The molecule has 12 heteroatoms. The standard InChI is InChI=1S/C21H23F2N7O3/c1-11-7-31-10-17(11)30-14(4-24)3-13-5-25-21(27-19(13)30)26-16-6-29(12(2)18(22)23)28-20(16)33-15-8-32-9-15/h3,5-6,11-12,15,17-18H,7-10H2,1-2H3,(H,25,26,27)/t11-,12+,17-/m0/s1. The molecule has 5 rings (SSSR count). The van der Waals surface area contributed by atoms with E-state index in [1.54, 1.807) is 12.3 Å². The molecule has 3 aromatic heterocycles. The van der Waals surface area contributed by atoms with Crippen molar-refractivity contribution in [1.82, 2.24) is 24.3 Å². The maximum absolute atomic E-state index is 13.3. The maximum Gasteiger partial charge on any atom is 0.260 e. The summed E-state index contributed by atoms with van der Waals surface area (Å²) in [4.78, 5) is 8.97. The Bertz CT molecular complexity index is 1200. The van der Waals surface area contributed by atoms with E-state index in [0.29, 0.717) is 43.5 Å². The Morgan fingerprint density at radius 3 is 2.70 bits per heavy atom. The number of nitrogens with zero attached hydrogens (tertiary/aromatic N) is 6. The predicted octanol–water partition coefficient (Wildman–Crippen LogP) is 3.05. The molecule has 0 bridgehead atoms. The zero-order valence-electron chi connectivity index (χ0n) is 18.1. The molecule has 2 saturated heterocycles. The van der Waals surface area contributed by atoms with Crippen molar-refractivity contribution >= 4 is 22.7 Å². The van der Waals surface area contributed by atoms with Gasteiger partial charge in [-0.15, -0.1) is 5.10 Å². The van der Waals surface area contributed by atoms with Gasteiger partial charge in [-0.25, -0.2) is 13.8 Å². The van der Waals surface area contributed by atoms with Gasteiger partial charge in [0, 0.05) is 17.5 Å². The Labute approximate surface area is 188 Å². The fraction of sp³-hybridized carbons (Fsp3) is 0.524. The second-order valence-electron chi connectivity index (χ2n) is 8.37. The predicted molar refractivity (Wildman–Crippen MR) is 113 cm³/mol. The average molecular weight is 459 g/mol. The molecule has 3 aromatic rings. The maximum atomic E-state index is 13.3. The third kappa shape index (κ3) is 3.98. The first-order valence-electron chi connectivity index (χ1n) is 10.7. The summed E-state index contributed by atoms with van der Waals surface area (Å²) < 4.78 is 46.1. The highest BCUT2D eigenvalue weighted by atomic mass is 19.3. The molecular formula is C21H23F2N7O3. The summed E-state index contributed by atoms with van der Waals surface area (Å²) in [5.74, 6) is 0.625. The van der Waals surface area contributed by atoms with Crippen LogP contribution in [0.5, 0.6) is 5.88 Å². The van der Waals surface area contributed by atoms with E-state index in [4.69, 9.17) is 14.2 Å². The highest BCUT2D eigenvalue weighted by molar-refractivity contribution is 5.79. The van der Waals surface area contributed by atoms with Gasteiger partial charge in [0.15, 0.2) is 0 Å². The first-order chi connectivity index (χ1) is 15.9. The molecule has 5 heterocycles. The molecule has 174 valence electrons. The van der Waals surface area contributed by atoms with Crippen molar-refractivity contribution in [2.24, 2.45) is 5.92 Å². The van der Waals surface area contributed by atoms with Crippen LogP contribution in [0, 0.1) is 17.2 Å². The Morgan fingerprint density at radius 2 is 2.06 bits per heavy atom. The van der Waals surface area contributed by atoms with Crippen molar-refractivity contribution in [1.29, 1.82) is 5.26 Å². The monoisotopic (exact) mass is 459 g/mol. The van der Waals surface area contributed by atoms with Crippen LogP contribution in [-0.2, 0) is 9.47 Å². The third-order valence-corrected chi connectivity index (χ3v) is 5.96. The molecule has 33 heavy (non-hydrogen) atoms. The second-order valence-corrected chi connectivity index (χ2v) is 8.37. The fourth-order valence-corrected chi connectivity index (χ4v) is 3.90. The minimum absolute atomic E-state index is 0.0212. The molecule has 2 aliphatic heterocycles. The minimum Gasteiger partial charge on any atom is -0.467 e. The molecule has 3 atom stereocenters. The van der Waals surface area contributed by atoms with Crippen LogP contribution in [0.2, 0.25) is 0 Å². The van der Waals surface area contributed by atoms with Gasteiger partial charge < -0.3 is 24.1 Å². The highest BCUT2D eigenvalue weighted by Gasteiger charge is 2.30. The number of aromatic nitrogens is 5. The molecule has 0 amide bonds. The summed E-state index contributed by atoms with van der Waals surface area (Å²) in [6.45, 7) is 5.36. The van der Waals surface area contributed by atoms with Crippen LogP contribution in [0.3, 0.4) is 0 Å². The van der Waals surface area contributed by atoms with E-state index in [-0.39, 0.29) is 29.9 Å². The summed E-state index contributed by atoms with van der Waals surface area (Å²) in [6, 6.07) is 2.82. The summed E-state index contributed by atoms with van der Waals surface area (Å²) in [6.07, 6.45) is 0.285. The minimum atomic E-state index is -2.59. The van der Waals surface area contributed by atoms with Crippen LogP contribution in [0.15, 0.2) is 18.5 Å². The van der Waals surface area contributed by atoms with Gasteiger partial charge in [-0.2, -0.15) is 10.2 Å². The number of hydrogen-bond acceptors (Lipinski definition) is 8. The molecular weight excluding hydrogens is 436 g/mol. The van der Waals surface area contributed by atoms with E-state index >= 15 is 0 Å². The molecule has 0 aliphatic carbocycles. The summed E-state index contributed by atoms with van der Waals surface area (Å²) in [5, 5.41) is 17.6. The van der Waals surface area contributed by atoms with E-state index in [1.807, 2.05) is 4.57 Å². The van der Waals surface area contributed by atoms with Gasteiger partial charge in [0.05, 0.1) is 38.7 Å². The molecule has 2 aliphatic rings. The fourth-order valence-electron chi connectivity index (χ4n) is 3.90. The quantitative estimate of drug-likeness (QED) is 0.574. The van der Waals surface area contributed by atoms with Gasteiger partial charge in [0.1, 0.15) is 35.2 Å². The number of nitrogens with one attached hydrogen (secondary N) is 1. The number of ether oxygens (including phenoxy) is 3. The van der Waals surface area contributed by atoms with Crippen molar-refractivity contribution < 1.29 is 23.0 Å². The Balaban J connectivity index is 1.50. The lowest BCUT2D eigenvalue weighted by molar-refractivity contribution is -0.0814. The van der Waals surface area contributed by atoms with Crippen LogP contribution in [0.4, 0.5) is 20.4 Å². The number of nitriles is 1. The van der Waals surface area contributed by atoms with Crippen LogP contribution in [-0.4, -0.2) is 63.3 Å². The number of fused-ring (bicyclic) bond motifs is 1. The van der Waals surface area contributed by atoms with Crippen LogP contribution < -0.4 is 10.1 Å². The van der Waals surface area contributed by atoms with E-state index in [2.05, 4.69) is 33.4 Å². The van der Waals surface area contributed by atoms with Crippen molar-refractivity contribution in [3.05, 3.63) is 24.2 Å². The molecule has 10 nitrogen and oxygen atoms in total. The van der Waals surface area contributed by atoms with Crippen molar-refractivity contribution in [2.75, 3.05) is 31.7 Å². The Hall–Kier alpha value is -3.30. The SMILES string of the molecule is C[C@H](C(F)F)n1cc(Nc2ncc3cc(C#N)n([C@H]4COC[C@@H]4C)c3n2)c(OC2COC2)n1. The number of hydrogen-bond donors (Lipinski definition) is 1. The Kier molecular flexibility index (Phi) is 5.59. The smallest absolute Gasteiger partial charge is 0.260 e. The summed E-state index contributed by atoms with van der Waals surface area (Å²) >= 11 is 0. The lowest BCUT2D eigenvalue weighted by atomic mass is 10.1. The van der Waals surface area contributed by atoms with Gasteiger partial charge in [-0.05, 0) is 13.0 Å². The Morgan fingerprint density at radius 1 is 1.27 bits per heavy atom. The van der Waals surface area contributed by atoms with Crippen LogP contribution in [0.1, 0.15) is 31.6 Å². The van der Waals surface area contributed by atoms with Gasteiger partial charge in [-0.3, -0.25) is 4.68 Å². The van der Waals surface area contributed by atoms with Crippen LogP contribution >= 0.6 is 0 Å². The van der Waals surface area contributed by atoms with Gasteiger partial charge in [0.2, 0.25) is 5.95 Å². The lowest BCUT2D eigenvalue weighted by Crippen LogP contribution is -2.38. The molecule has 0 radical (unpaired) electrons. The summed E-state index contributed by atoms with van der Waals surface area (Å²) in [7, 11) is 0. The largest absolute Gasteiger partial charge is 0.467 e. The molecule has 1 N–H and O–H groups in total. The zero-order valence-corrected chi connectivity index (χ0v) is 18.1. The topological polar surface area (TPSA) is 112 Å². The number of alkyl halides is 2. The second kappa shape index (κ2) is 8.57. The zero-order chi connectivity index (χ0) is 23.1. The average Bonchev–Trinajstić information content (AvgIpc) is 3.46. The molecule has 0 spiro atoms. The molecule has 0 aromatic carbocycles. The highest BCUT2D eigenvalue weighted by Crippen LogP contribution is 2.33. The van der Waals surface area contributed by atoms with Crippen molar-refractivity contribution in [3.63, 3.8) is 0 Å².